The quantitative estimate of drug-likeness (QED) is 0.694. The molecule has 1 atom stereocenters. The smallest absolute Gasteiger partial charge is 0.364 e. The Labute approximate surface area is 118 Å². The molecule has 0 saturated carbocycles. The first-order valence-electron chi connectivity index (χ1n) is 6.17. The predicted octanol–water partition coefficient (Wildman–Crippen LogP) is 3.45. The van der Waals surface area contributed by atoms with Gasteiger partial charge in [-0.1, -0.05) is 24.3 Å². The summed E-state index contributed by atoms with van der Waals surface area (Å²) in [7, 11) is 0. The van der Waals surface area contributed by atoms with Crippen molar-refractivity contribution in [2.45, 2.75) is 18.5 Å². The minimum Gasteiger partial charge on any atom is -0.364 e. The van der Waals surface area contributed by atoms with Crippen molar-refractivity contribution in [2.24, 2.45) is 0 Å². The molecule has 1 aromatic carbocycles. The van der Waals surface area contributed by atoms with Gasteiger partial charge >= 0.3 is 6.18 Å². The minimum absolute atomic E-state index is 0.114. The van der Waals surface area contributed by atoms with E-state index < -0.39 is 23.1 Å². The molecule has 1 heterocycles. The van der Waals surface area contributed by atoms with E-state index in [1.165, 1.54) is 43.5 Å². The second-order valence-corrected chi connectivity index (χ2v) is 4.79. The fourth-order valence-corrected chi connectivity index (χ4v) is 2.55. The number of hydrogen-bond acceptors (Lipinski definition) is 2. The Morgan fingerprint density at radius 1 is 1.19 bits per heavy atom. The summed E-state index contributed by atoms with van der Waals surface area (Å²) in [6.45, 7) is 0.251. The van der Waals surface area contributed by atoms with Crippen molar-refractivity contribution in [1.29, 1.82) is 0 Å². The van der Waals surface area contributed by atoms with Crippen molar-refractivity contribution in [1.82, 2.24) is 4.98 Å². The van der Waals surface area contributed by atoms with E-state index in [2.05, 4.69) is 4.98 Å². The van der Waals surface area contributed by atoms with Gasteiger partial charge in [0.2, 0.25) is 6.54 Å². The molecule has 0 aliphatic carbocycles. The third kappa shape index (κ3) is 2.51. The number of benzene rings is 1. The van der Waals surface area contributed by atoms with Gasteiger partial charge in [0.25, 0.3) is 0 Å². The third-order valence-corrected chi connectivity index (χ3v) is 3.51. The van der Waals surface area contributed by atoms with Gasteiger partial charge in [0.05, 0.1) is 0 Å². The van der Waals surface area contributed by atoms with Crippen molar-refractivity contribution in [2.75, 3.05) is 6.54 Å². The van der Waals surface area contributed by atoms with Gasteiger partial charge in [-0.25, -0.2) is 0 Å². The molecular formula is C14H13F3N2O2. The summed E-state index contributed by atoms with van der Waals surface area (Å²) in [5, 5.41) is 10.9. The summed E-state index contributed by atoms with van der Waals surface area (Å²) in [5.74, 6) is 0. The number of hydrogen-bond donors (Lipinski definition) is 1. The average molecular weight is 298 g/mol. The first kappa shape index (κ1) is 15.1. The molecule has 4 nitrogen and oxygen atoms in total. The number of aryl methyl sites for hydroxylation is 1. The first-order valence-corrected chi connectivity index (χ1v) is 6.17. The normalized spacial score (nSPS) is 14.7. The largest absolute Gasteiger partial charge is 0.410 e. The highest BCUT2D eigenvalue weighted by Crippen LogP contribution is 2.46. The van der Waals surface area contributed by atoms with E-state index in [9.17, 15) is 23.3 Å². The van der Waals surface area contributed by atoms with Crippen LogP contribution in [0.4, 0.5) is 13.2 Å². The van der Waals surface area contributed by atoms with Gasteiger partial charge in [-0.05, 0) is 30.2 Å². The number of nitrogens with one attached hydrogen (secondary N) is 1. The lowest BCUT2D eigenvalue weighted by Crippen LogP contribution is -2.49. The molecule has 2 aromatic rings. The highest BCUT2D eigenvalue weighted by atomic mass is 19.4. The van der Waals surface area contributed by atoms with Crippen molar-refractivity contribution in [3.8, 4) is 0 Å². The van der Waals surface area contributed by atoms with Crippen molar-refractivity contribution in [3.05, 3.63) is 69.5 Å². The molecule has 7 heteroatoms. The SMILES string of the molecule is Cc1ccccc1[C@@](C[N+](=O)[O-])(c1ccc[nH]1)C(F)(F)F. The number of nitro groups is 1. The van der Waals surface area contributed by atoms with E-state index in [1.54, 1.807) is 6.07 Å². The fraction of sp³-hybridized carbons (Fsp3) is 0.286. The Balaban J connectivity index is 2.79. The Morgan fingerprint density at radius 2 is 1.86 bits per heavy atom. The maximum atomic E-state index is 13.8. The molecule has 0 bridgehead atoms. The van der Waals surface area contributed by atoms with Crippen LogP contribution < -0.4 is 0 Å². The fourth-order valence-electron chi connectivity index (χ4n) is 2.55. The lowest BCUT2D eigenvalue weighted by atomic mass is 9.75. The lowest BCUT2D eigenvalue weighted by Gasteiger charge is -2.33. The minimum atomic E-state index is -4.81. The predicted molar refractivity (Wildman–Crippen MR) is 70.7 cm³/mol. The van der Waals surface area contributed by atoms with E-state index in [0.29, 0.717) is 5.56 Å². The van der Waals surface area contributed by atoms with E-state index in [-0.39, 0.29) is 11.3 Å². The second-order valence-electron chi connectivity index (χ2n) is 4.79. The number of nitrogens with zero attached hydrogens (tertiary/aromatic N) is 1. The van der Waals surface area contributed by atoms with Gasteiger partial charge < -0.3 is 4.98 Å². The Kier molecular flexibility index (Phi) is 3.76. The molecule has 0 spiro atoms. The van der Waals surface area contributed by atoms with Crippen LogP contribution in [0.25, 0.3) is 0 Å². The van der Waals surface area contributed by atoms with Crippen molar-refractivity contribution < 1.29 is 18.1 Å². The zero-order valence-corrected chi connectivity index (χ0v) is 11.1. The highest BCUT2D eigenvalue weighted by Gasteiger charge is 2.62. The van der Waals surface area contributed by atoms with Crippen LogP contribution in [0, 0.1) is 17.0 Å². The average Bonchev–Trinajstić information content (AvgIpc) is 2.89. The van der Waals surface area contributed by atoms with Crippen LogP contribution in [0.3, 0.4) is 0 Å². The first-order chi connectivity index (χ1) is 9.79. The summed E-state index contributed by atoms with van der Waals surface area (Å²) in [6, 6.07) is 8.47. The zero-order valence-electron chi connectivity index (χ0n) is 11.1. The second kappa shape index (κ2) is 5.23. The van der Waals surface area contributed by atoms with Crippen LogP contribution in [-0.4, -0.2) is 22.6 Å². The van der Waals surface area contributed by atoms with Gasteiger partial charge in [0, 0.05) is 16.8 Å². The molecule has 0 amide bonds. The topological polar surface area (TPSA) is 58.9 Å². The van der Waals surface area contributed by atoms with E-state index in [4.69, 9.17) is 0 Å². The molecule has 112 valence electrons. The summed E-state index contributed by atoms with van der Waals surface area (Å²) in [4.78, 5) is 12.5. The van der Waals surface area contributed by atoms with Crippen molar-refractivity contribution in [3.63, 3.8) is 0 Å². The molecule has 0 fully saturated rings. The van der Waals surface area contributed by atoms with Gasteiger partial charge in [-0.2, -0.15) is 13.2 Å². The Bertz CT molecular complexity index is 638. The van der Waals surface area contributed by atoms with Crippen LogP contribution in [0.1, 0.15) is 16.8 Å². The zero-order chi connectivity index (χ0) is 15.7. The lowest BCUT2D eigenvalue weighted by molar-refractivity contribution is -0.498. The van der Waals surface area contributed by atoms with Crippen LogP contribution in [0.15, 0.2) is 42.6 Å². The maximum Gasteiger partial charge on any atom is 0.410 e. The number of halogens is 3. The third-order valence-electron chi connectivity index (χ3n) is 3.51. The number of aromatic amines is 1. The van der Waals surface area contributed by atoms with Crippen molar-refractivity contribution >= 4 is 0 Å². The van der Waals surface area contributed by atoms with Gasteiger partial charge in [-0.15, -0.1) is 0 Å². The van der Waals surface area contributed by atoms with Crippen LogP contribution in [-0.2, 0) is 5.41 Å². The molecule has 0 aliphatic rings. The number of aromatic nitrogens is 1. The van der Waals surface area contributed by atoms with Crippen LogP contribution in [0.2, 0.25) is 0 Å². The molecule has 2 rings (SSSR count). The Hall–Kier alpha value is -2.31. The van der Waals surface area contributed by atoms with E-state index in [1.807, 2.05) is 0 Å². The monoisotopic (exact) mass is 298 g/mol. The molecule has 1 aromatic heterocycles. The molecule has 1 N–H and O–H groups in total. The summed E-state index contributed by atoms with van der Waals surface area (Å²) in [5.41, 5.74) is -2.69. The molecule has 0 radical (unpaired) electrons. The molecule has 0 saturated heterocycles. The van der Waals surface area contributed by atoms with Gasteiger partial charge in [0.15, 0.2) is 5.41 Å². The van der Waals surface area contributed by atoms with Gasteiger partial charge in [0.1, 0.15) is 0 Å². The van der Waals surface area contributed by atoms with E-state index >= 15 is 0 Å². The van der Waals surface area contributed by atoms with Gasteiger partial charge in [-0.3, -0.25) is 10.1 Å². The van der Waals surface area contributed by atoms with E-state index in [0.717, 1.165) is 0 Å². The molecule has 0 aliphatic heterocycles. The Morgan fingerprint density at radius 3 is 2.33 bits per heavy atom. The standard InChI is InChI=1S/C14H13F3N2O2/c1-10-5-2-3-6-11(10)13(9-19(20)21,14(15,16)17)12-7-4-8-18-12/h2-8,18H,9H2,1H3/t13-/m0/s1. The van der Waals surface area contributed by atoms with Crippen LogP contribution in [0.5, 0.6) is 0 Å². The van der Waals surface area contributed by atoms with Crippen LogP contribution >= 0.6 is 0 Å². The molecular weight excluding hydrogens is 285 g/mol. The highest BCUT2D eigenvalue weighted by molar-refractivity contribution is 5.43. The number of H-pyrrole nitrogens is 1. The molecule has 0 unspecified atom stereocenters. The molecule has 21 heavy (non-hydrogen) atoms. The number of rotatable bonds is 4. The summed E-state index contributed by atoms with van der Waals surface area (Å²) < 4.78 is 41.5. The maximum absolute atomic E-state index is 13.8. The summed E-state index contributed by atoms with van der Waals surface area (Å²) >= 11 is 0. The summed E-state index contributed by atoms with van der Waals surface area (Å²) in [6.07, 6.45) is -3.48. The number of alkyl halides is 3.